The van der Waals surface area contributed by atoms with Crippen molar-refractivity contribution < 1.29 is 18.7 Å². The summed E-state index contributed by atoms with van der Waals surface area (Å²) in [6.45, 7) is 0. The maximum absolute atomic E-state index is 13.8. The van der Waals surface area contributed by atoms with Gasteiger partial charge < -0.3 is 14.8 Å². The topological polar surface area (TPSA) is 47.6 Å². The number of ether oxygens (including phenoxy) is 2. The molecule has 0 heterocycles. The van der Waals surface area contributed by atoms with Crippen molar-refractivity contribution in [1.82, 2.24) is 0 Å². The molecule has 0 radical (unpaired) electrons. The number of nitrogens with one attached hydrogen (secondary N) is 1. The molecule has 2 rings (SSSR count). The second kappa shape index (κ2) is 6.74. The lowest BCUT2D eigenvalue weighted by atomic mass is 10.1. The van der Waals surface area contributed by atoms with Gasteiger partial charge in [-0.05, 0) is 29.8 Å². The number of anilines is 2. The number of hydrogen-bond acceptors (Lipinski definition) is 4. The fourth-order valence-electron chi connectivity index (χ4n) is 1.82. The third-order valence-corrected chi connectivity index (χ3v) is 2.99. The summed E-state index contributed by atoms with van der Waals surface area (Å²) in [5, 5.41) is 2.97. The fourth-order valence-corrected chi connectivity index (χ4v) is 1.82. The van der Waals surface area contributed by atoms with Crippen LogP contribution >= 0.6 is 0 Å². The van der Waals surface area contributed by atoms with E-state index in [1.807, 2.05) is 0 Å². The fraction of sp³-hybridized carbons (Fsp3) is 0.188. The molecule has 2 aromatic carbocycles. The first-order valence-electron chi connectivity index (χ1n) is 6.38. The number of hydrogen-bond donors (Lipinski definition) is 1. The number of carbonyl (C=O) groups is 1. The highest BCUT2D eigenvalue weighted by atomic mass is 19.1. The molecule has 0 aliphatic heterocycles. The molecule has 0 bridgehead atoms. The second-order valence-corrected chi connectivity index (χ2v) is 4.42. The Bertz CT molecular complexity index is 626. The number of carbonyl (C=O) groups excluding carboxylic acids is 1. The minimum Gasteiger partial charge on any atom is -0.497 e. The van der Waals surface area contributed by atoms with Gasteiger partial charge in [0.25, 0.3) is 0 Å². The molecule has 0 unspecified atom stereocenters. The first-order chi connectivity index (χ1) is 10.1. The number of methoxy groups -OCH3 is 2. The molecular weight excluding hydrogens is 273 g/mol. The molecule has 0 aliphatic rings. The maximum atomic E-state index is 13.8. The first kappa shape index (κ1) is 14.8. The van der Waals surface area contributed by atoms with Gasteiger partial charge in [-0.3, -0.25) is 4.79 Å². The average molecular weight is 289 g/mol. The van der Waals surface area contributed by atoms with E-state index in [9.17, 15) is 9.18 Å². The third-order valence-electron chi connectivity index (χ3n) is 2.99. The van der Waals surface area contributed by atoms with Gasteiger partial charge in [0.1, 0.15) is 11.6 Å². The van der Waals surface area contributed by atoms with E-state index >= 15 is 0 Å². The largest absolute Gasteiger partial charge is 0.497 e. The predicted octanol–water partition coefficient (Wildman–Crippen LogP) is 3.29. The van der Waals surface area contributed by atoms with E-state index in [2.05, 4.69) is 10.1 Å². The summed E-state index contributed by atoms with van der Waals surface area (Å²) < 4.78 is 23.4. The van der Waals surface area contributed by atoms with Crippen LogP contribution in [0.4, 0.5) is 15.8 Å². The van der Waals surface area contributed by atoms with Gasteiger partial charge in [-0.1, -0.05) is 12.1 Å². The van der Waals surface area contributed by atoms with Crippen LogP contribution in [0.1, 0.15) is 5.56 Å². The van der Waals surface area contributed by atoms with E-state index in [-0.39, 0.29) is 12.4 Å². The van der Waals surface area contributed by atoms with E-state index in [0.29, 0.717) is 11.4 Å². The Morgan fingerprint density at radius 2 is 1.86 bits per heavy atom. The van der Waals surface area contributed by atoms with E-state index in [1.165, 1.54) is 20.3 Å². The van der Waals surface area contributed by atoms with Crippen molar-refractivity contribution in [1.29, 1.82) is 0 Å². The number of benzene rings is 2. The molecule has 5 heteroatoms. The van der Waals surface area contributed by atoms with Crippen LogP contribution in [0, 0.1) is 5.82 Å². The maximum Gasteiger partial charge on any atom is 0.309 e. The van der Waals surface area contributed by atoms with Crippen LogP contribution in [0.5, 0.6) is 5.75 Å². The normalized spacial score (nSPS) is 10.0. The molecule has 0 spiro atoms. The Balaban J connectivity index is 2.08. The monoisotopic (exact) mass is 289 g/mol. The molecule has 0 aliphatic carbocycles. The summed E-state index contributed by atoms with van der Waals surface area (Å²) >= 11 is 0. The molecule has 4 nitrogen and oxygen atoms in total. The SMILES string of the molecule is COC(=O)Cc1ccc(Nc2ccc(OC)cc2F)cc1. The minimum absolute atomic E-state index is 0.216. The molecule has 0 atom stereocenters. The summed E-state index contributed by atoms with van der Waals surface area (Å²) in [4.78, 5) is 11.2. The van der Waals surface area contributed by atoms with Crippen molar-refractivity contribution in [2.45, 2.75) is 6.42 Å². The van der Waals surface area contributed by atoms with E-state index in [4.69, 9.17) is 4.74 Å². The number of rotatable bonds is 5. The lowest BCUT2D eigenvalue weighted by Gasteiger charge is -2.09. The van der Waals surface area contributed by atoms with Crippen molar-refractivity contribution >= 4 is 17.3 Å². The lowest BCUT2D eigenvalue weighted by molar-refractivity contribution is -0.139. The zero-order valence-corrected chi connectivity index (χ0v) is 11.9. The summed E-state index contributed by atoms with van der Waals surface area (Å²) in [5.41, 5.74) is 1.92. The zero-order chi connectivity index (χ0) is 15.2. The van der Waals surface area contributed by atoms with Crippen molar-refractivity contribution in [3.8, 4) is 5.75 Å². The first-order valence-corrected chi connectivity index (χ1v) is 6.38. The average Bonchev–Trinajstić information content (AvgIpc) is 2.51. The third kappa shape index (κ3) is 3.95. The molecular formula is C16H16FNO3. The minimum atomic E-state index is -0.395. The Kier molecular flexibility index (Phi) is 4.77. The summed E-state index contributed by atoms with van der Waals surface area (Å²) in [6, 6.07) is 11.7. The standard InChI is InChI=1S/C16H16FNO3/c1-20-13-7-8-15(14(17)10-13)18-12-5-3-11(4-6-12)9-16(19)21-2/h3-8,10,18H,9H2,1-2H3. The zero-order valence-electron chi connectivity index (χ0n) is 11.9. The van der Waals surface area contributed by atoms with Gasteiger partial charge in [-0.25, -0.2) is 4.39 Å². The van der Waals surface area contributed by atoms with Crippen molar-refractivity contribution in [2.24, 2.45) is 0 Å². The second-order valence-electron chi connectivity index (χ2n) is 4.42. The molecule has 0 amide bonds. The Morgan fingerprint density at radius 1 is 1.14 bits per heavy atom. The quantitative estimate of drug-likeness (QED) is 0.858. The van der Waals surface area contributed by atoms with Gasteiger partial charge in [0, 0.05) is 11.8 Å². The van der Waals surface area contributed by atoms with E-state index < -0.39 is 5.82 Å². The van der Waals surface area contributed by atoms with Gasteiger partial charge in [0.2, 0.25) is 0 Å². The molecule has 0 saturated heterocycles. The van der Waals surface area contributed by atoms with E-state index in [1.54, 1.807) is 36.4 Å². The molecule has 2 aromatic rings. The van der Waals surface area contributed by atoms with Gasteiger partial charge in [-0.2, -0.15) is 0 Å². The van der Waals surface area contributed by atoms with Gasteiger partial charge in [0.05, 0.1) is 26.3 Å². The Hall–Kier alpha value is -2.56. The van der Waals surface area contributed by atoms with Crippen LogP contribution in [0.25, 0.3) is 0 Å². The van der Waals surface area contributed by atoms with Gasteiger partial charge in [0.15, 0.2) is 0 Å². The summed E-state index contributed by atoms with van der Waals surface area (Å²) in [5.74, 6) is -0.226. The summed E-state index contributed by atoms with van der Waals surface area (Å²) in [6.07, 6.45) is 0.216. The molecule has 1 N–H and O–H groups in total. The van der Waals surface area contributed by atoms with Crippen LogP contribution in [-0.4, -0.2) is 20.2 Å². The van der Waals surface area contributed by atoms with Crippen LogP contribution in [-0.2, 0) is 16.0 Å². The molecule has 21 heavy (non-hydrogen) atoms. The highest BCUT2D eigenvalue weighted by Crippen LogP contribution is 2.24. The van der Waals surface area contributed by atoms with E-state index in [0.717, 1.165) is 11.3 Å². The smallest absolute Gasteiger partial charge is 0.309 e. The highest BCUT2D eigenvalue weighted by Gasteiger charge is 2.06. The van der Waals surface area contributed by atoms with Gasteiger partial charge >= 0.3 is 5.97 Å². The van der Waals surface area contributed by atoms with Crippen molar-refractivity contribution in [2.75, 3.05) is 19.5 Å². The highest BCUT2D eigenvalue weighted by molar-refractivity contribution is 5.72. The number of esters is 1. The molecule has 110 valence electrons. The van der Waals surface area contributed by atoms with Crippen LogP contribution < -0.4 is 10.1 Å². The van der Waals surface area contributed by atoms with Crippen molar-refractivity contribution in [3.05, 3.63) is 53.8 Å². The van der Waals surface area contributed by atoms with Crippen LogP contribution in [0.2, 0.25) is 0 Å². The predicted molar refractivity (Wildman–Crippen MR) is 78.4 cm³/mol. The molecule has 0 fully saturated rings. The molecule has 0 saturated carbocycles. The Labute approximate surface area is 122 Å². The molecule has 0 aromatic heterocycles. The van der Waals surface area contributed by atoms with Gasteiger partial charge in [-0.15, -0.1) is 0 Å². The lowest BCUT2D eigenvalue weighted by Crippen LogP contribution is -2.04. The Morgan fingerprint density at radius 3 is 2.43 bits per heavy atom. The van der Waals surface area contributed by atoms with Crippen LogP contribution in [0.3, 0.4) is 0 Å². The number of halogens is 1. The van der Waals surface area contributed by atoms with Crippen LogP contribution in [0.15, 0.2) is 42.5 Å². The summed E-state index contributed by atoms with van der Waals surface area (Å²) in [7, 11) is 2.84. The van der Waals surface area contributed by atoms with Crippen molar-refractivity contribution in [3.63, 3.8) is 0 Å².